The van der Waals surface area contributed by atoms with Crippen LogP contribution in [0.1, 0.15) is 118 Å². The van der Waals surface area contributed by atoms with Gasteiger partial charge in [-0.1, -0.05) is 39.8 Å². The number of aliphatic hydroxyl groups is 1. The van der Waals surface area contributed by atoms with E-state index in [0.717, 1.165) is 18.6 Å². The minimum absolute atomic E-state index is 0.000629. The van der Waals surface area contributed by atoms with Gasteiger partial charge in [0.25, 0.3) is 5.56 Å². The number of fused-ring (bicyclic) bond motifs is 5. The van der Waals surface area contributed by atoms with Crippen LogP contribution in [0.4, 0.5) is 14.9 Å². The first kappa shape index (κ1) is 71.9. The highest BCUT2D eigenvalue weighted by atomic mass is 19.1. The summed E-state index contributed by atoms with van der Waals surface area (Å²) in [5.74, 6) is -2.99. The zero-order valence-corrected chi connectivity index (χ0v) is 53.2. The number of cyclic esters (lactones) is 1. The number of carbonyl (C=O) groups is 5. The normalized spacial score (nSPS) is 16.2. The van der Waals surface area contributed by atoms with E-state index >= 15 is 4.39 Å². The number of nitrogens with zero attached hydrogens (tertiary/aromatic N) is 2. The number of nitrogens with two attached hydrogens (primary N) is 1. The van der Waals surface area contributed by atoms with E-state index in [1.54, 1.807) is 58.0 Å². The van der Waals surface area contributed by atoms with E-state index in [9.17, 15) is 33.9 Å². The van der Waals surface area contributed by atoms with Gasteiger partial charge >= 0.3 is 12.1 Å². The molecule has 0 radical (unpaired) electrons. The first-order chi connectivity index (χ1) is 44.1. The van der Waals surface area contributed by atoms with Gasteiger partial charge in [0, 0.05) is 41.3 Å². The summed E-state index contributed by atoms with van der Waals surface area (Å²) in [5.41, 5.74) is 8.23. The van der Waals surface area contributed by atoms with E-state index in [1.807, 2.05) is 0 Å². The number of esters is 1. The fourth-order valence-electron chi connectivity index (χ4n) is 10.9. The lowest BCUT2D eigenvalue weighted by molar-refractivity contribution is -0.172. The zero-order valence-electron chi connectivity index (χ0n) is 53.2. The Balaban J connectivity index is 0.782. The van der Waals surface area contributed by atoms with Crippen molar-refractivity contribution in [2.24, 2.45) is 11.7 Å². The number of amides is 4. The molecule has 25 nitrogen and oxygen atoms in total. The minimum atomic E-state index is -2.04. The van der Waals surface area contributed by atoms with Gasteiger partial charge in [0.05, 0.1) is 147 Å². The Morgan fingerprint density at radius 1 is 0.758 bits per heavy atom. The Kier molecular flexibility index (Phi) is 29.4. The van der Waals surface area contributed by atoms with Gasteiger partial charge in [-0.05, 0) is 105 Å². The Bertz CT molecular complexity index is 3090. The van der Waals surface area contributed by atoms with E-state index in [2.05, 4.69) is 28.2 Å². The quantitative estimate of drug-likeness (QED) is 0.0219. The monoisotopic (exact) mass is 1280 g/mol. The second-order valence-corrected chi connectivity index (χ2v) is 22.7. The molecule has 0 saturated heterocycles. The highest BCUT2D eigenvalue weighted by Gasteiger charge is 2.46. The number of aryl methyl sites for hydroxylation is 1. The summed E-state index contributed by atoms with van der Waals surface area (Å²) in [7, 11) is 0. The first-order valence-electron chi connectivity index (χ1n) is 31.7. The lowest BCUT2D eigenvalue weighted by Gasteiger charge is -2.31. The summed E-state index contributed by atoms with van der Waals surface area (Å²) < 4.78 is 77.4. The van der Waals surface area contributed by atoms with Crippen LogP contribution in [0.2, 0.25) is 0 Å². The molecule has 4 atom stereocenters. The van der Waals surface area contributed by atoms with E-state index in [-0.39, 0.29) is 69.3 Å². The number of aromatic nitrogens is 2. The first-order valence-corrected chi connectivity index (χ1v) is 31.7. The molecule has 1 aliphatic carbocycles. The molecule has 3 aliphatic rings. The molecule has 26 heteroatoms. The number of rotatable bonds is 43. The van der Waals surface area contributed by atoms with Gasteiger partial charge < -0.3 is 88.8 Å². The Labute approximate surface area is 530 Å². The molecule has 0 fully saturated rings. The van der Waals surface area contributed by atoms with Crippen molar-refractivity contribution in [3.8, 4) is 11.4 Å². The molecule has 1 unspecified atom stereocenters. The lowest BCUT2D eigenvalue weighted by Crippen LogP contribution is -2.54. The summed E-state index contributed by atoms with van der Waals surface area (Å²) in [5, 5.41) is 23.6. The standard InChI is InChI=1S/C65H92FN7O18/c1-6-19-81-21-23-83-25-27-85-29-31-87-33-35-89-36-34-88-32-30-86-28-26-84-24-22-82-20-17-55(74)72-58(42(3)4)61(76)70-52(10-8-9-18-67)60(75)68-45-13-11-44(12-14-45)40-91-64(79)71-51-16-15-46-43(5)50(66)38-53-56(46)57(51)47-39-73-54(59(47)69-53)37-49-48(62(73)77)41-90-63(78)65(49,80)7-2/h11-14,37-38,42,51-52,58,80H,6-10,15-36,39-41,67H2,1-5H3,(H,68,75)(H,70,76)(H,71,79)(H,72,74)/t51-,52-,58?,65-/m0/s1. The second kappa shape index (κ2) is 37.2. The fraction of sp³-hybridized carbons (Fsp3) is 0.615. The third-order valence-corrected chi connectivity index (χ3v) is 15.9. The van der Waals surface area contributed by atoms with Crippen LogP contribution >= 0.6 is 0 Å². The van der Waals surface area contributed by atoms with Crippen molar-refractivity contribution in [2.75, 3.05) is 131 Å². The van der Waals surface area contributed by atoms with Crippen LogP contribution in [-0.4, -0.2) is 182 Å². The van der Waals surface area contributed by atoms with Crippen LogP contribution in [0.25, 0.3) is 22.3 Å². The highest BCUT2D eigenvalue weighted by molar-refractivity contribution is 5.98. The molecule has 2 aromatic carbocycles. The number of benzene rings is 2. The smallest absolute Gasteiger partial charge is 0.407 e. The zero-order chi connectivity index (χ0) is 65.1. The van der Waals surface area contributed by atoms with Crippen LogP contribution in [-0.2, 0) is 103 Å². The number of ether oxygens (including phenoxy) is 11. The van der Waals surface area contributed by atoms with Crippen LogP contribution in [0.5, 0.6) is 0 Å². The Hall–Kier alpha value is -6.56. The Morgan fingerprint density at radius 2 is 1.33 bits per heavy atom. The van der Waals surface area contributed by atoms with Crippen molar-refractivity contribution in [1.29, 1.82) is 0 Å². The van der Waals surface area contributed by atoms with Gasteiger partial charge in [-0.15, -0.1) is 0 Å². The van der Waals surface area contributed by atoms with Crippen molar-refractivity contribution in [3.63, 3.8) is 0 Å². The third-order valence-electron chi connectivity index (χ3n) is 15.9. The number of unbranched alkanes of at least 4 members (excludes halogenated alkanes) is 1. The van der Waals surface area contributed by atoms with Gasteiger partial charge in [-0.25, -0.2) is 19.0 Å². The lowest BCUT2D eigenvalue weighted by atomic mass is 9.81. The number of nitrogens with one attached hydrogen (secondary N) is 4. The van der Waals surface area contributed by atoms with Crippen LogP contribution < -0.4 is 32.6 Å². The van der Waals surface area contributed by atoms with Crippen molar-refractivity contribution in [3.05, 3.63) is 91.5 Å². The van der Waals surface area contributed by atoms with E-state index in [0.29, 0.717) is 182 Å². The van der Waals surface area contributed by atoms with Crippen molar-refractivity contribution in [2.45, 2.75) is 129 Å². The van der Waals surface area contributed by atoms with E-state index in [4.69, 9.17) is 62.8 Å². The molecule has 7 rings (SSSR count). The van der Waals surface area contributed by atoms with Crippen molar-refractivity contribution < 1.29 is 85.6 Å². The molecule has 2 aromatic heterocycles. The Morgan fingerprint density at radius 3 is 1.88 bits per heavy atom. The summed E-state index contributed by atoms with van der Waals surface area (Å²) in [4.78, 5) is 85.9. The van der Waals surface area contributed by atoms with Gasteiger partial charge in [-0.2, -0.15) is 0 Å². The molecule has 2 aliphatic heterocycles. The minimum Gasteiger partial charge on any atom is -0.458 e. The predicted octanol–water partition coefficient (Wildman–Crippen LogP) is 5.08. The fourth-order valence-corrected chi connectivity index (χ4v) is 10.9. The van der Waals surface area contributed by atoms with E-state index in [1.165, 1.54) is 10.6 Å². The molecule has 7 N–H and O–H groups in total. The van der Waals surface area contributed by atoms with E-state index < -0.39 is 64.9 Å². The summed E-state index contributed by atoms with van der Waals surface area (Å²) in [6.07, 6.45) is 2.51. The maximum atomic E-state index is 15.5. The second-order valence-electron chi connectivity index (χ2n) is 22.7. The molecule has 0 bridgehead atoms. The number of hydrogen-bond donors (Lipinski definition) is 6. The molecular formula is C65H92FN7O18. The van der Waals surface area contributed by atoms with Crippen LogP contribution in [0, 0.1) is 18.7 Å². The number of halogens is 1. The largest absolute Gasteiger partial charge is 0.458 e. The number of anilines is 1. The van der Waals surface area contributed by atoms with Crippen molar-refractivity contribution in [1.82, 2.24) is 25.5 Å². The third kappa shape index (κ3) is 20.5. The maximum absolute atomic E-state index is 15.5. The average molecular weight is 1280 g/mol. The molecular weight excluding hydrogens is 1190 g/mol. The highest BCUT2D eigenvalue weighted by Crippen LogP contribution is 2.46. The molecule has 91 heavy (non-hydrogen) atoms. The van der Waals surface area contributed by atoms with Gasteiger partial charge in [-0.3, -0.25) is 19.2 Å². The molecule has 0 spiro atoms. The van der Waals surface area contributed by atoms with Crippen molar-refractivity contribution >= 4 is 46.4 Å². The summed E-state index contributed by atoms with van der Waals surface area (Å²) >= 11 is 0. The van der Waals surface area contributed by atoms with Gasteiger partial charge in [0.2, 0.25) is 17.7 Å². The van der Waals surface area contributed by atoms with Gasteiger partial charge in [0.1, 0.15) is 31.1 Å². The van der Waals surface area contributed by atoms with Gasteiger partial charge in [0.15, 0.2) is 5.60 Å². The predicted molar refractivity (Wildman–Crippen MR) is 333 cm³/mol. The molecule has 502 valence electrons. The topological polar surface area (TPSA) is 316 Å². The number of hydrogen-bond acceptors (Lipinski definition) is 20. The summed E-state index contributed by atoms with van der Waals surface area (Å²) in [6, 6.07) is 7.08. The molecule has 4 heterocycles. The number of carbonyl (C=O) groups excluding carboxylic acids is 5. The van der Waals surface area contributed by atoms with Crippen LogP contribution in [0.3, 0.4) is 0 Å². The number of pyridine rings is 2. The number of alkyl carbamates (subject to hydrolysis) is 1. The molecule has 4 amide bonds. The van der Waals surface area contributed by atoms with Crippen LogP contribution in [0.15, 0.2) is 41.2 Å². The SMILES string of the molecule is CCCOCCOCCOCCOCCOCCOCCOCCOCCOCCC(=O)NC(C(=O)N[C@@H](CCCCN)C(=O)Nc1ccc(COC(=O)N[C@H]2CCc3c(C)c(F)cc4nc5c(c2c34)Cn2c-5cc3c(c2=O)COC(=O)[C@]3(O)CC)cc1)C(C)C. The summed E-state index contributed by atoms with van der Waals surface area (Å²) in [6.45, 7) is 17.0. The average Bonchev–Trinajstić information content (AvgIpc) is 1.63. The molecule has 0 saturated carbocycles. The molecule has 4 aromatic rings. The maximum Gasteiger partial charge on any atom is 0.407 e.